The van der Waals surface area contributed by atoms with Crippen LogP contribution in [-0.2, 0) is 9.59 Å². The van der Waals surface area contributed by atoms with Gasteiger partial charge < -0.3 is 15.0 Å². The summed E-state index contributed by atoms with van der Waals surface area (Å²) in [7, 11) is 3.92. The maximum Gasteiger partial charge on any atom is 0.249 e. The van der Waals surface area contributed by atoms with Crippen LogP contribution >= 0.6 is 0 Å². The first kappa shape index (κ1) is 20.0. The summed E-state index contributed by atoms with van der Waals surface area (Å²) >= 11 is 0. The number of hydrogen-bond acceptors (Lipinski definition) is 5. The largest absolute Gasteiger partial charge is 0.494 e. The van der Waals surface area contributed by atoms with Gasteiger partial charge in [0, 0.05) is 25.5 Å². The van der Waals surface area contributed by atoms with Gasteiger partial charge in [0.15, 0.2) is 0 Å². The Labute approximate surface area is 159 Å². The molecule has 0 radical (unpaired) electrons. The van der Waals surface area contributed by atoms with E-state index in [1.165, 1.54) is 6.21 Å². The lowest BCUT2D eigenvalue weighted by Gasteiger charge is -2.11. The molecule has 0 saturated heterocycles. The number of anilines is 2. The van der Waals surface area contributed by atoms with Crippen molar-refractivity contribution in [1.82, 2.24) is 5.43 Å². The molecule has 2 rings (SSSR count). The lowest BCUT2D eigenvalue weighted by Crippen LogP contribution is -2.24. The van der Waals surface area contributed by atoms with Crippen molar-refractivity contribution in [3.63, 3.8) is 0 Å². The fourth-order valence-electron chi connectivity index (χ4n) is 2.23. The smallest absolute Gasteiger partial charge is 0.249 e. The molecule has 7 nitrogen and oxygen atoms in total. The van der Waals surface area contributed by atoms with E-state index in [2.05, 4.69) is 15.8 Å². The standard InChI is InChI=1S/C20H24N4O3/c1-4-27-18-11-7-16(8-12-18)22-19(25)13-20(26)23-21-14-15-5-9-17(10-6-15)24(2)3/h5-12,14H,4,13H2,1-3H3,(H,22,25)(H,23,26). The summed E-state index contributed by atoms with van der Waals surface area (Å²) in [6, 6.07) is 14.6. The Morgan fingerprint density at radius 2 is 1.70 bits per heavy atom. The van der Waals surface area contributed by atoms with Crippen LogP contribution in [0.25, 0.3) is 0 Å². The number of nitrogens with zero attached hydrogens (tertiary/aromatic N) is 2. The zero-order valence-corrected chi connectivity index (χ0v) is 15.7. The minimum absolute atomic E-state index is 0.315. The van der Waals surface area contributed by atoms with E-state index in [1.807, 2.05) is 50.2 Å². The SMILES string of the molecule is CCOc1ccc(NC(=O)CC(=O)NN=Cc2ccc(N(C)C)cc2)cc1. The van der Waals surface area contributed by atoms with Gasteiger partial charge >= 0.3 is 0 Å². The molecule has 0 aliphatic carbocycles. The summed E-state index contributed by atoms with van der Waals surface area (Å²) in [5.74, 6) is -0.178. The van der Waals surface area contributed by atoms with E-state index in [4.69, 9.17) is 4.74 Å². The number of hydrogen-bond donors (Lipinski definition) is 2. The molecule has 2 aromatic carbocycles. The summed E-state index contributed by atoms with van der Waals surface area (Å²) in [6.45, 7) is 2.47. The first-order valence-electron chi connectivity index (χ1n) is 8.60. The molecule has 0 aliphatic rings. The Morgan fingerprint density at radius 1 is 1.04 bits per heavy atom. The van der Waals surface area contributed by atoms with Crippen molar-refractivity contribution in [2.45, 2.75) is 13.3 Å². The molecule has 2 N–H and O–H groups in total. The maximum absolute atomic E-state index is 11.9. The van der Waals surface area contributed by atoms with Gasteiger partial charge in [-0.05, 0) is 48.9 Å². The van der Waals surface area contributed by atoms with Crippen molar-refractivity contribution in [3.05, 3.63) is 54.1 Å². The molecule has 0 bridgehead atoms. The van der Waals surface area contributed by atoms with Crippen LogP contribution in [0.3, 0.4) is 0 Å². The fourth-order valence-corrected chi connectivity index (χ4v) is 2.23. The molecule has 27 heavy (non-hydrogen) atoms. The predicted molar refractivity (Wildman–Crippen MR) is 107 cm³/mol. The van der Waals surface area contributed by atoms with Gasteiger partial charge in [-0.2, -0.15) is 5.10 Å². The average Bonchev–Trinajstić information content (AvgIpc) is 2.64. The fraction of sp³-hybridized carbons (Fsp3) is 0.250. The van der Waals surface area contributed by atoms with Crippen molar-refractivity contribution in [3.8, 4) is 5.75 Å². The number of benzene rings is 2. The van der Waals surface area contributed by atoms with E-state index in [9.17, 15) is 9.59 Å². The molecule has 0 fully saturated rings. The number of amides is 2. The monoisotopic (exact) mass is 368 g/mol. The summed E-state index contributed by atoms with van der Waals surface area (Å²) in [4.78, 5) is 25.7. The van der Waals surface area contributed by atoms with Crippen molar-refractivity contribution >= 4 is 29.4 Å². The third-order valence-corrected chi connectivity index (χ3v) is 3.58. The van der Waals surface area contributed by atoms with Gasteiger partial charge in [-0.15, -0.1) is 0 Å². The molecule has 0 saturated carbocycles. The maximum atomic E-state index is 11.9. The van der Waals surface area contributed by atoms with Crippen molar-refractivity contribution in [1.29, 1.82) is 0 Å². The third-order valence-electron chi connectivity index (χ3n) is 3.58. The Kier molecular flexibility index (Phi) is 7.37. The third kappa shape index (κ3) is 6.81. The van der Waals surface area contributed by atoms with E-state index < -0.39 is 11.8 Å². The van der Waals surface area contributed by atoms with Crippen LogP contribution < -0.4 is 20.4 Å². The first-order chi connectivity index (χ1) is 13.0. The van der Waals surface area contributed by atoms with Crippen LogP contribution in [-0.4, -0.2) is 38.7 Å². The van der Waals surface area contributed by atoms with Gasteiger partial charge in [-0.25, -0.2) is 5.43 Å². The zero-order chi connectivity index (χ0) is 19.6. The van der Waals surface area contributed by atoms with Crippen LogP contribution in [0.5, 0.6) is 5.75 Å². The van der Waals surface area contributed by atoms with E-state index in [0.29, 0.717) is 12.3 Å². The molecule has 0 aromatic heterocycles. The predicted octanol–water partition coefficient (Wildman–Crippen LogP) is 2.63. The van der Waals surface area contributed by atoms with Crippen LogP contribution in [0.15, 0.2) is 53.6 Å². The van der Waals surface area contributed by atoms with Crippen LogP contribution in [0.1, 0.15) is 18.9 Å². The van der Waals surface area contributed by atoms with Gasteiger partial charge in [0.25, 0.3) is 0 Å². The molecule has 0 heterocycles. The second kappa shape index (κ2) is 9.96. The normalized spacial score (nSPS) is 10.5. The Morgan fingerprint density at radius 3 is 2.30 bits per heavy atom. The van der Waals surface area contributed by atoms with Crippen LogP contribution in [0.4, 0.5) is 11.4 Å². The molecule has 7 heteroatoms. The lowest BCUT2D eigenvalue weighted by atomic mass is 10.2. The van der Waals surface area contributed by atoms with Crippen LogP contribution in [0, 0.1) is 0 Å². The highest BCUT2D eigenvalue weighted by Crippen LogP contribution is 2.15. The van der Waals surface area contributed by atoms with Gasteiger partial charge in [-0.1, -0.05) is 12.1 Å². The zero-order valence-electron chi connectivity index (χ0n) is 15.7. The quantitative estimate of drug-likeness (QED) is 0.426. The number of carbonyl (C=O) groups excluding carboxylic acids is 2. The number of nitrogens with one attached hydrogen (secondary N) is 2. The van der Waals surface area contributed by atoms with E-state index >= 15 is 0 Å². The van der Waals surface area contributed by atoms with E-state index in [-0.39, 0.29) is 6.42 Å². The second-order valence-corrected chi connectivity index (χ2v) is 5.96. The molecule has 0 unspecified atom stereocenters. The lowest BCUT2D eigenvalue weighted by molar-refractivity contribution is -0.126. The van der Waals surface area contributed by atoms with Gasteiger partial charge in [0.1, 0.15) is 12.2 Å². The van der Waals surface area contributed by atoms with Gasteiger partial charge in [0.05, 0.1) is 12.8 Å². The number of ether oxygens (including phenoxy) is 1. The van der Waals surface area contributed by atoms with Crippen molar-refractivity contribution in [2.24, 2.45) is 5.10 Å². The Hall–Kier alpha value is -3.35. The summed E-state index contributed by atoms with van der Waals surface area (Å²) in [5, 5.41) is 6.53. The molecule has 142 valence electrons. The van der Waals surface area contributed by atoms with Crippen molar-refractivity contribution in [2.75, 3.05) is 30.9 Å². The highest BCUT2D eigenvalue weighted by atomic mass is 16.5. The van der Waals surface area contributed by atoms with Gasteiger partial charge in [-0.3, -0.25) is 9.59 Å². The highest BCUT2D eigenvalue weighted by Gasteiger charge is 2.09. The molecular weight excluding hydrogens is 344 g/mol. The average molecular weight is 368 g/mol. The van der Waals surface area contributed by atoms with E-state index in [0.717, 1.165) is 17.0 Å². The molecule has 2 aromatic rings. The highest BCUT2D eigenvalue weighted by molar-refractivity contribution is 6.03. The van der Waals surface area contributed by atoms with Gasteiger partial charge in [0.2, 0.25) is 11.8 Å². The number of carbonyl (C=O) groups is 2. The summed E-state index contributed by atoms with van der Waals surface area (Å²) in [6.07, 6.45) is 1.21. The second-order valence-electron chi connectivity index (χ2n) is 5.96. The minimum atomic E-state index is -0.486. The van der Waals surface area contributed by atoms with E-state index in [1.54, 1.807) is 24.3 Å². The topological polar surface area (TPSA) is 83.0 Å². The number of hydrazone groups is 1. The molecule has 0 spiro atoms. The molecule has 0 aliphatic heterocycles. The Bertz CT molecular complexity index is 784. The molecule has 0 atom stereocenters. The Balaban J connectivity index is 1.78. The summed E-state index contributed by atoms with van der Waals surface area (Å²) in [5.41, 5.74) is 4.87. The molecule has 2 amide bonds. The van der Waals surface area contributed by atoms with Crippen molar-refractivity contribution < 1.29 is 14.3 Å². The number of rotatable bonds is 8. The molecular formula is C20H24N4O3. The first-order valence-corrected chi connectivity index (χ1v) is 8.60. The summed E-state index contributed by atoms with van der Waals surface area (Å²) < 4.78 is 5.33. The van der Waals surface area contributed by atoms with Crippen LogP contribution in [0.2, 0.25) is 0 Å². The minimum Gasteiger partial charge on any atom is -0.494 e.